The van der Waals surface area contributed by atoms with Gasteiger partial charge in [-0.1, -0.05) is 23.7 Å². The van der Waals surface area contributed by atoms with Crippen molar-refractivity contribution >= 4 is 23.4 Å². The second-order valence-corrected chi connectivity index (χ2v) is 7.16. The van der Waals surface area contributed by atoms with Crippen molar-refractivity contribution < 1.29 is 0 Å². The van der Waals surface area contributed by atoms with Crippen LogP contribution in [0.25, 0.3) is 0 Å². The number of aromatic nitrogens is 4. The summed E-state index contributed by atoms with van der Waals surface area (Å²) in [5.74, 6) is 1.60. The summed E-state index contributed by atoms with van der Waals surface area (Å²) in [6, 6.07) is 10.1. The molecule has 0 spiro atoms. The Labute approximate surface area is 163 Å². The fourth-order valence-electron chi connectivity index (χ4n) is 3.43. The van der Waals surface area contributed by atoms with Gasteiger partial charge in [0.15, 0.2) is 5.82 Å². The van der Waals surface area contributed by atoms with E-state index in [0.29, 0.717) is 17.7 Å². The van der Waals surface area contributed by atoms with Crippen LogP contribution in [0.1, 0.15) is 30.0 Å². The van der Waals surface area contributed by atoms with Crippen molar-refractivity contribution in [1.82, 2.24) is 24.8 Å². The van der Waals surface area contributed by atoms with Gasteiger partial charge in [-0.2, -0.15) is 0 Å². The van der Waals surface area contributed by atoms with Gasteiger partial charge in [-0.25, -0.2) is 15.0 Å². The van der Waals surface area contributed by atoms with Gasteiger partial charge in [0.25, 0.3) is 0 Å². The van der Waals surface area contributed by atoms with Crippen LogP contribution in [0, 0.1) is 0 Å². The minimum atomic E-state index is 0.399. The molecule has 2 aromatic heterocycles. The van der Waals surface area contributed by atoms with Gasteiger partial charge >= 0.3 is 0 Å². The molecule has 27 heavy (non-hydrogen) atoms. The van der Waals surface area contributed by atoms with E-state index >= 15 is 0 Å². The summed E-state index contributed by atoms with van der Waals surface area (Å²) >= 11 is 5.99. The largest absolute Gasteiger partial charge is 0.307 e. The molecule has 1 aliphatic rings. The van der Waals surface area contributed by atoms with Crippen molar-refractivity contribution in [1.29, 1.82) is 0 Å². The highest BCUT2D eigenvalue weighted by Gasteiger charge is 2.23. The maximum absolute atomic E-state index is 5.99. The average Bonchev–Trinajstić information content (AvgIpc) is 2.71. The van der Waals surface area contributed by atoms with E-state index in [2.05, 4.69) is 37.3 Å². The van der Waals surface area contributed by atoms with E-state index in [1.807, 2.05) is 18.2 Å². The molecule has 0 bridgehead atoms. The van der Waals surface area contributed by atoms with Crippen molar-refractivity contribution in [2.75, 3.05) is 18.4 Å². The fourth-order valence-corrected chi connectivity index (χ4v) is 3.55. The molecule has 1 fully saturated rings. The first-order chi connectivity index (χ1) is 13.3. The molecule has 1 N–H and O–H groups in total. The molecule has 1 aliphatic heterocycles. The molecular formula is C20H21ClN6. The minimum absolute atomic E-state index is 0.399. The lowest BCUT2D eigenvalue weighted by Gasteiger charge is -2.32. The van der Waals surface area contributed by atoms with Gasteiger partial charge in [-0.05, 0) is 43.1 Å². The van der Waals surface area contributed by atoms with Crippen LogP contribution in [0.2, 0.25) is 5.02 Å². The summed E-state index contributed by atoms with van der Waals surface area (Å²) < 4.78 is 0. The first-order valence-corrected chi connectivity index (χ1v) is 9.47. The highest BCUT2D eigenvalue weighted by Crippen LogP contribution is 2.27. The third-order valence-electron chi connectivity index (χ3n) is 4.72. The Morgan fingerprint density at radius 2 is 1.96 bits per heavy atom. The Bertz CT molecular complexity index is 871. The quantitative estimate of drug-likeness (QED) is 0.720. The topological polar surface area (TPSA) is 66.8 Å². The molecule has 3 aromatic rings. The molecule has 4 rings (SSSR count). The lowest BCUT2D eigenvalue weighted by molar-refractivity contribution is 0.198. The lowest BCUT2D eigenvalue weighted by Crippen LogP contribution is -2.34. The van der Waals surface area contributed by atoms with Crippen LogP contribution in [0.3, 0.4) is 0 Å². The van der Waals surface area contributed by atoms with E-state index in [0.717, 1.165) is 43.2 Å². The van der Waals surface area contributed by atoms with Crippen molar-refractivity contribution in [3.63, 3.8) is 0 Å². The zero-order valence-electron chi connectivity index (χ0n) is 14.9. The maximum atomic E-state index is 5.99. The van der Waals surface area contributed by atoms with Gasteiger partial charge in [0.1, 0.15) is 0 Å². The minimum Gasteiger partial charge on any atom is -0.307 e. The molecule has 1 aromatic carbocycles. The number of nitrogens with one attached hydrogen (secondary N) is 1. The van der Waals surface area contributed by atoms with Gasteiger partial charge in [-0.15, -0.1) is 0 Å². The van der Waals surface area contributed by atoms with E-state index in [1.165, 1.54) is 5.56 Å². The van der Waals surface area contributed by atoms with Crippen molar-refractivity contribution in [2.24, 2.45) is 0 Å². The predicted molar refractivity (Wildman–Crippen MR) is 106 cm³/mol. The number of anilines is 2. The van der Waals surface area contributed by atoms with Crippen LogP contribution in [0.5, 0.6) is 0 Å². The van der Waals surface area contributed by atoms with E-state index in [9.17, 15) is 0 Å². The molecule has 6 nitrogen and oxygen atoms in total. The predicted octanol–water partition coefficient (Wildman–Crippen LogP) is 4.04. The summed E-state index contributed by atoms with van der Waals surface area (Å²) in [5, 5.41) is 3.89. The second kappa shape index (κ2) is 8.41. The number of hydrogen-bond acceptors (Lipinski definition) is 6. The Hall–Kier alpha value is -2.57. The molecule has 1 atom stereocenters. The van der Waals surface area contributed by atoms with Gasteiger partial charge in [0.05, 0.1) is 11.9 Å². The molecule has 138 valence electrons. The third-order valence-corrected chi connectivity index (χ3v) is 4.98. The first kappa shape index (κ1) is 17.8. The number of benzene rings is 1. The molecule has 0 radical (unpaired) electrons. The van der Waals surface area contributed by atoms with E-state index in [4.69, 9.17) is 16.6 Å². The standard InChI is InChI=1S/C20H21ClN6/c21-17-5-3-15(4-6-17)13-27-11-1-2-16(14-27)18-7-8-24-20(25-18)26-19-12-22-9-10-23-19/h3-10,12,16H,1-2,11,13-14H2,(H,23,24,25,26). The van der Waals surface area contributed by atoms with Gasteiger partial charge in [0.2, 0.25) is 5.95 Å². The van der Waals surface area contributed by atoms with Crippen molar-refractivity contribution in [3.05, 3.63) is 71.4 Å². The van der Waals surface area contributed by atoms with Crippen LogP contribution in [0.4, 0.5) is 11.8 Å². The number of halogens is 1. The van der Waals surface area contributed by atoms with E-state index in [1.54, 1.807) is 24.8 Å². The Morgan fingerprint density at radius 3 is 2.78 bits per heavy atom. The van der Waals surface area contributed by atoms with Crippen molar-refractivity contribution in [2.45, 2.75) is 25.3 Å². The smallest absolute Gasteiger partial charge is 0.228 e. The summed E-state index contributed by atoms with van der Waals surface area (Å²) in [4.78, 5) is 19.8. The first-order valence-electron chi connectivity index (χ1n) is 9.09. The second-order valence-electron chi connectivity index (χ2n) is 6.72. The summed E-state index contributed by atoms with van der Waals surface area (Å²) in [5.41, 5.74) is 2.35. The molecule has 0 aliphatic carbocycles. The van der Waals surface area contributed by atoms with Gasteiger partial charge in [0, 0.05) is 42.6 Å². The van der Waals surface area contributed by atoms with Crippen LogP contribution < -0.4 is 5.32 Å². The van der Waals surface area contributed by atoms with Crippen LogP contribution in [-0.4, -0.2) is 37.9 Å². The highest BCUT2D eigenvalue weighted by atomic mass is 35.5. The Morgan fingerprint density at radius 1 is 1.07 bits per heavy atom. The van der Waals surface area contributed by atoms with Crippen LogP contribution in [-0.2, 0) is 6.54 Å². The van der Waals surface area contributed by atoms with Gasteiger partial charge in [-0.3, -0.25) is 9.88 Å². The molecule has 3 heterocycles. The number of likely N-dealkylation sites (tertiary alicyclic amines) is 1. The zero-order chi connectivity index (χ0) is 18.5. The zero-order valence-corrected chi connectivity index (χ0v) is 15.7. The van der Waals surface area contributed by atoms with Crippen LogP contribution in [0.15, 0.2) is 55.1 Å². The molecular weight excluding hydrogens is 360 g/mol. The van der Waals surface area contributed by atoms with Crippen LogP contribution >= 0.6 is 11.6 Å². The molecule has 0 saturated carbocycles. The SMILES string of the molecule is Clc1ccc(CN2CCCC(c3ccnc(Nc4cnccn4)n3)C2)cc1. The lowest BCUT2D eigenvalue weighted by atomic mass is 9.94. The monoisotopic (exact) mass is 380 g/mol. The summed E-state index contributed by atoms with van der Waals surface area (Å²) in [6.07, 6.45) is 9.04. The number of rotatable bonds is 5. The Kier molecular flexibility index (Phi) is 5.55. The van der Waals surface area contributed by atoms with Crippen molar-refractivity contribution in [3.8, 4) is 0 Å². The maximum Gasteiger partial charge on any atom is 0.228 e. The van der Waals surface area contributed by atoms with E-state index < -0.39 is 0 Å². The number of piperidine rings is 1. The van der Waals surface area contributed by atoms with Gasteiger partial charge < -0.3 is 5.32 Å². The summed E-state index contributed by atoms with van der Waals surface area (Å²) in [6.45, 7) is 3.03. The fraction of sp³-hybridized carbons (Fsp3) is 0.300. The normalized spacial score (nSPS) is 17.6. The van der Waals surface area contributed by atoms with E-state index in [-0.39, 0.29) is 0 Å². The molecule has 1 unspecified atom stereocenters. The summed E-state index contributed by atoms with van der Waals surface area (Å²) in [7, 11) is 0. The molecule has 1 saturated heterocycles. The Balaban J connectivity index is 1.43. The molecule has 0 amide bonds. The number of nitrogens with zero attached hydrogens (tertiary/aromatic N) is 5. The third kappa shape index (κ3) is 4.78. The average molecular weight is 381 g/mol. The molecule has 7 heteroatoms. The highest BCUT2D eigenvalue weighted by molar-refractivity contribution is 6.30. The number of hydrogen-bond donors (Lipinski definition) is 1.